The normalized spacial score (nSPS) is 16.0. The Morgan fingerprint density at radius 1 is 0.881 bits per heavy atom. The lowest BCUT2D eigenvalue weighted by Crippen LogP contribution is -2.21. The Kier molecular flexibility index (Phi) is 10.4. The van der Waals surface area contributed by atoms with Crippen LogP contribution < -0.4 is 20.9 Å². The highest BCUT2D eigenvalue weighted by molar-refractivity contribution is 6.07. The molecule has 5 rings (SSSR count). The molecule has 0 bridgehead atoms. The molecule has 2 aliphatic carbocycles. The molecule has 1 aromatic heterocycles. The molecule has 0 aliphatic heterocycles. The van der Waals surface area contributed by atoms with Crippen LogP contribution in [0.2, 0.25) is 0 Å². The molecular weight excluding hydrogens is 526 g/mol. The van der Waals surface area contributed by atoms with E-state index in [1.54, 1.807) is 6.08 Å². The molecule has 0 unspecified atom stereocenters. The summed E-state index contributed by atoms with van der Waals surface area (Å²) in [6.45, 7) is 1.55. The van der Waals surface area contributed by atoms with Gasteiger partial charge < -0.3 is 26.0 Å². The zero-order chi connectivity index (χ0) is 29.1. The molecule has 42 heavy (non-hydrogen) atoms. The van der Waals surface area contributed by atoms with Crippen molar-refractivity contribution in [1.82, 2.24) is 15.0 Å². The van der Waals surface area contributed by atoms with Crippen LogP contribution in [-0.4, -0.2) is 58.6 Å². The molecule has 1 heterocycles. The van der Waals surface area contributed by atoms with Gasteiger partial charge >= 0.3 is 0 Å². The predicted molar refractivity (Wildman–Crippen MR) is 171 cm³/mol. The summed E-state index contributed by atoms with van der Waals surface area (Å²) >= 11 is 0. The highest BCUT2D eigenvalue weighted by Crippen LogP contribution is 2.25. The summed E-state index contributed by atoms with van der Waals surface area (Å²) < 4.78 is 0. The van der Waals surface area contributed by atoms with Crippen molar-refractivity contribution >= 4 is 41.1 Å². The molecule has 2 aromatic carbocycles. The molecule has 0 radical (unpaired) electrons. The van der Waals surface area contributed by atoms with Gasteiger partial charge in [0.2, 0.25) is 17.8 Å². The van der Waals surface area contributed by atoms with E-state index >= 15 is 0 Å². The van der Waals surface area contributed by atoms with Gasteiger partial charge in [-0.3, -0.25) is 4.79 Å². The number of aliphatic hydroxyl groups is 1. The van der Waals surface area contributed by atoms with Crippen LogP contribution in [0.15, 0.2) is 54.6 Å². The number of ketones is 1. The van der Waals surface area contributed by atoms with Crippen LogP contribution in [0, 0.1) is 5.92 Å². The number of carbonyl (C=O) groups is 1. The summed E-state index contributed by atoms with van der Waals surface area (Å²) in [5.74, 6) is 2.25. The van der Waals surface area contributed by atoms with Gasteiger partial charge in [0, 0.05) is 43.1 Å². The number of nitrogens with one attached hydrogen (secondary N) is 3. The average Bonchev–Trinajstić information content (AvgIpc) is 3.53. The molecule has 4 N–H and O–H groups in total. The first-order valence-corrected chi connectivity index (χ1v) is 15.3. The Bertz CT molecular complexity index is 1320. The van der Waals surface area contributed by atoms with Crippen molar-refractivity contribution in [3.63, 3.8) is 0 Å². The van der Waals surface area contributed by atoms with Gasteiger partial charge in [0.15, 0.2) is 5.78 Å². The van der Waals surface area contributed by atoms with E-state index in [4.69, 9.17) is 5.11 Å². The smallest absolute Gasteiger partial charge is 0.233 e. The SMILES string of the molecule is CN(CCO)c1ccc(C=CC(=O)c2ccc(Nc3nc(NCC4CCCCC4)nc(NC4CCCC4)n3)cc2)cc1. The van der Waals surface area contributed by atoms with Crippen molar-refractivity contribution < 1.29 is 9.90 Å². The van der Waals surface area contributed by atoms with Crippen molar-refractivity contribution in [2.24, 2.45) is 5.92 Å². The fraction of sp³-hybridized carbons (Fsp3) is 0.455. The van der Waals surface area contributed by atoms with Gasteiger partial charge in [0.05, 0.1) is 6.61 Å². The van der Waals surface area contributed by atoms with Crippen molar-refractivity contribution in [3.8, 4) is 0 Å². The summed E-state index contributed by atoms with van der Waals surface area (Å²) in [5, 5.41) is 19.4. The van der Waals surface area contributed by atoms with Crippen LogP contribution in [0.25, 0.3) is 6.08 Å². The zero-order valence-electron chi connectivity index (χ0n) is 24.6. The highest BCUT2D eigenvalue weighted by atomic mass is 16.3. The molecule has 9 nitrogen and oxygen atoms in total. The second-order valence-corrected chi connectivity index (χ2v) is 11.5. The number of nitrogens with zero attached hydrogens (tertiary/aromatic N) is 4. The molecule has 2 fully saturated rings. The van der Waals surface area contributed by atoms with Crippen molar-refractivity contribution in [1.29, 1.82) is 0 Å². The lowest BCUT2D eigenvalue weighted by Gasteiger charge is -2.22. The van der Waals surface area contributed by atoms with Crippen LogP contribution in [0.5, 0.6) is 0 Å². The van der Waals surface area contributed by atoms with Gasteiger partial charge in [-0.15, -0.1) is 0 Å². The molecule has 2 aliphatic rings. The van der Waals surface area contributed by atoms with Crippen molar-refractivity contribution in [2.45, 2.75) is 63.8 Å². The Morgan fingerprint density at radius 3 is 2.26 bits per heavy atom. The van der Waals surface area contributed by atoms with E-state index < -0.39 is 0 Å². The maximum absolute atomic E-state index is 12.8. The summed E-state index contributed by atoms with van der Waals surface area (Å²) in [7, 11) is 1.93. The van der Waals surface area contributed by atoms with Crippen LogP contribution in [0.3, 0.4) is 0 Å². The molecule has 0 spiro atoms. The summed E-state index contributed by atoms with van der Waals surface area (Å²) in [5.41, 5.74) is 3.36. The van der Waals surface area contributed by atoms with E-state index in [9.17, 15) is 4.79 Å². The van der Waals surface area contributed by atoms with Crippen LogP contribution in [-0.2, 0) is 0 Å². The first-order valence-electron chi connectivity index (χ1n) is 15.3. The highest BCUT2D eigenvalue weighted by Gasteiger charge is 2.18. The summed E-state index contributed by atoms with van der Waals surface area (Å²) in [6, 6.07) is 15.6. The maximum atomic E-state index is 12.8. The van der Waals surface area contributed by atoms with E-state index in [2.05, 4.69) is 30.9 Å². The Morgan fingerprint density at radius 2 is 1.55 bits per heavy atom. The molecule has 9 heteroatoms. The number of rotatable bonds is 13. The Labute approximate surface area is 248 Å². The Hall–Kier alpha value is -3.98. The minimum atomic E-state index is -0.0690. The molecule has 0 atom stereocenters. The lowest BCUT2D eigenvalue weighted by atomic mass is 9.89. The minimum absolute atomic E-state index is 0.0690. The van der Waals surface area contributed by atoms with Gasteiger partial charge in [0.1, 0.15) is 0 Å². The number of likely N-dealkylation sites (N-methyl/N-ethyl adjacent to an activating group) is 1. The lowest BCUT2D eigenvalue weighted by molar-refractivity contribution is 0.104. The molecule has 0 saturated heterocycles. The largest absolute Gasteiger partial charge is 0.395 e. The third-order valence-electron chi connectivity index (χ3n) is 8.22. The van der Waals surface area contributed by atoms with E-state index in [0.717, 1.165) is 36.3 Å². The quantitative estimate of drug-likeness (QED) is 0.139. The third-order valence-corrected chi connectivity index (χ3v) is 8.22. The van der Waals surface area contributed by atoms with E-state index in [1.807, 2.05) is 66.6 Å². The molecule has 3 aromatic rings. The molecule has 222 valence electrons. The van der Waals surface area contributed by atoms with E-state index in [0.29, 0.717) is 41.9 Å². The first kappa shape index (κ1) is 29.5. The third kappa shape index (κ3) is 8.52. The summed E-state index contributed by atoms with van der Waals surface area (Å²) in [4.78, 5) is 28.8. The predicted octanol–water partition coefficient (Wildman–Crippen LogP) is 6.29. The molecule has 0 amide bonds. The second kappa shape index (κ2) is 14.8. The summed E-state index contributed by atoms with van der Waals surface area (Å²) in [6.07, 6.45) is 14.6. The van der Waals surface area contributed by atoms with Crippen molar-refractivity contribution in [2.75, 3.05) is 47.6 Å². The number of aromatic nitrogens is 3. The Balaban J connectivity index is 1.22. The topological polar surface area (TPSA) is 115 Å². The fourth-order valence-electron chi connectivity index (χ4n) is 5.69. The average molecular weight is 570 g/mol. The van der Waals surface area contributed by atoms with Gasteiger partial charge in [0.25, 0.3) is 0 Å². The van der Waals surface area contributed by atoms with Crippen molar-refractivity contribution in [3.05, 3.63) is 65.7 Å². The fourth-order valence-corrected chi connectivity index (χ4v) is 5.69. The first-order chi connectivity index (χ1) is 20.6. The second-order valence-electron chi connectivity index (χ2n) is 11.5. The van der Waals surface area contributed by atoms with Crippen LogP contribution >= 0.6 is 0 Å². The minimum Gasteiger partial charge on any atom is -0.395 e. The van der Waals surface area contributed by atoms with Crippen LogP contribution in [0.1, 0.15) is 73.7 Å². The molecular formula is C33H43N7O2. The number of hydrogen-bond donors (Lipinski definition) is 4. The van der Waals surface area contributed by atoms with E-state index in [-0.39, 0.29) is 12.4 Å². The standard InChI is InChI=1S/C33H43N7O2/c1-40(21-22-41)29-18-11-24(12-19-29)13-20-30(42)26-14-16-28(17-15-26)36-33-38-31(34-23-25-7-3-2-4-8-25)37-32(39-33)35-27-9-5-6-10-27/h11-20,25,27,41H,2-10,21-23H2,1H3,(H3,34,35,36,37,38,39). The van der Waals surface area contributed by atoms with Crippen LogP contribution in [0.4, 0.5) is 29.2 Å². The van der Waals surface area contributed by atoms with Gasteiger partial charge in [-0.1, -0.05) is 50.3 Å². The number of hydrogen-bond acceptors (Lipinski definition) is 9. The number of anilines is 5. The maximum Gasteiger partial charge on any atom is 0.233 e. The van der Waals surface area contributed by atoms with Gasteiger partial charge in [-0.25, -0.2) is 0 Å². The van der Waals surface area contributed by atoms with Gasteiger partial charge in [-0.05, 0) is 79.6 Å². The molecule has 2 saturated carbocycles. The number of aliphatic hydroxyl groups excluding tert-OH is 1. The number of carbonyl (C=O) groups excluding carboxylic acids is 1. The number of benzene rings is 2. The number of allylic oxidation sites excluding steroid dienone is 1. The van der Waals surface area contributed by atoms with Gasteiger partial charge in [-0.2, -0.15) is 15.0 Å². The zero-order valence-corrected chi connectivity index (χ0v) is 24.6. The monoisotopic (exact) mass is 569 g/mol. The van der Waals surface area contributed by atoms with E-state index in [1.165, 1.54) is 44.9 Å².